The number of aryl methyl sites for hydroxylation is 1. The van der Waals surface area contributed by atoms with E-state index in [1.165, 1.54) is 6.07 Å². The van der Waals surface area contributed by atoms with E-state index in [4.69, 9.17) is 4.74 Å². The van der Waals surface area contributed by atoms with Crippen molar-refractivity contribution < 1.29 is 24.2 Å². The molecule has 1 aromatic heterocycles. The molecule has 0 aliphatic carbocycles. The summed E-state index contributed by atoms with van der Waals surface area (Å²) >= 11 is 0. The number of pyridine rings is 1. The molecule has 1 N–H and O–H groups in total. The average Bonchev–Trinajstić information content (AvgIpc) is 2.50. The SMILES string of the molecule is Cc1cc(N[C@H](C)c2cccc(S(F)(F)(F)(F)F)c2)cc(C2(C)COC2)n1. The molecule has 0 spiro atoms. The Labute approximate surface area is 154 Å². The molecule has 9 heteroatoms. The first kappa shape index (κ1) is 19.9. The number of anilines is 1. The summed E-state index contributed by atoms with van der Waals surface area (Å²) in [6.07, 6.45) is 0. The number of halogens is 5. The van der Waals surface area contributed by atoms with Crippen molar-refractivity contribution in [3.63, 3.8) is 0 Å². The summed E-state index contributed by atoms with van der Waals surface area (Å²) < 4.78 is 70.6. The van der Waals surface area contributed by atoms with Crippen LogP contribution in [0.4, 0.5) is 25.1 Å². The van der Waals surface area contributed by atoms with E-state index in [1.807, 2.05) is 19.9 Å². The molecule has 2 aromatic rings. The Morgan fingerprint density at radius 1 is 1.11 bits per heavy atom. The van der Waals surface area contributed by atoms with Gasteiger partial charge in [0.15, 0.2) is 0 Å². The predicted octanol–water partition coefficient (Wildman–Crippen LogP) is 6.51. The van der Waals surface area contributed by atoms with Gasteiger partial charge in [-0.15, -0.1) is 0 Å². The Hall–Kier alpha value is -1.87. The minimum atomic E-state index is -9.71. The van der Waals surface area contributed by atoms with Gasteiger partial charge < -0.3 is 10.1 Å². The molecular weight excluding hydrogens is 387 g/mol. The van der Waals surface area contributed by atoms with Gasteiger partial charge in [0.25, 0.3) is 0 Å². The molecule has 0 unspecified atom stereocenters. The fourth-order valence-corrected chi connectivity index (χ4v) is 3.67. The van der Waals surface area contributed by atoms with Gasteiger partial charge >= 0.3 is 10.2 Å². The van der Waals surface area contributed by atoms with E-state index in [9.17, 15) is 19.4 Å². The molecule has 27 heavy (non-hydrogen) atoms. The first-order valence-corrected chi connectivity index (χ1v) is 10.3. The highest BCUT2D eigenvalue weighted by Crippen LogP contribution is 3.02. The maximum atomic E-state index is 13.1. The third-order valence-corrected chi connectivity index (χ3v) is 5.74. The van der Waals surface area contributed by atoms with E-state index < -0.39 is 21.2 Å². The molecule has 150 valence electrons. The fourth-order valence-electron chi connectivity index (χ4n) is 2.97. The Morgan fingerprint density at radius 2 is 1.78 bits per heavy atom. The van der Waals surface area contributed by atoms with Gasteiger partial charge in [-0.3, -0.25) is 4.98 Å². The minimum absolute atomic E-state index is 0.120. The maximum Gasteiger partial charge on any atom is 0.310 e. The van der Waals surface area contributed by atoms with Gasteiger partial charge in [0.1, 0.15) is 4.90 Å². The summed E-state index contributed by atoms with van der Waals surface area (Å²) in [4.78, 5) is 2.63. The van der Waals surface area contributed by atoms with E-state index in [0.717, 1.165) is 17.5 Å². The van der Waals surface area contributed by atoms with E-state index in [1.54, 1.807) is 13.0 Å². The van der Waals surface area contributed by atoms with Crippen molar-refractivity contribution in [2.45, 2.75) is 37.1 Å². The first-order chi connectivity index (χ1) is 12.2. The van der Waals surface area contributed by atoms with Crippen LogP contribution in [0.15, 0.2) is 41.3 Å². The highest BCUT2D eigenvalue weighted by Gasteiger charge is 2.65. The second kappa shape index (κ2) is 5.57. The van der Waals surface area contributed by atoms with Gasteiger partial charge in [-0.25, -0.2) is 0 Å². The molecule has 1 saturated heterocycles. The standard InChI is InChI=1S/C18H21F5N2OS/c1-12-7-15(9-17(24-12)18(3)10-26-11-18)25-13(2)14-5-4-6-16(8-14)27(19,20,21,22)23/h4-9,13H,10-11H2,1-3H3,(H,24,25)/t13-/m1/s1. The number of nitrogens with zero attached hydrogens (tertiary/aromatic N) is 1. The summed E-state index contributed by atoms with van der Waals surface area (Å²) in [5, 5.41) is 3.08. The second-order valence-corrected chi connectivity index (χ2v) is 9.75. The van der Waals surface area contributed by atoms with Crippen LogP contribution in [0.5, 0.6) is 0 Å². The van der Waals surface area contributed by atoms with Crippen LogP contribution in [0.3, 0.4) is 0 Å². The highest BCUT2D eigenvalue weighted by atomic mass is 32.5. The molecule has 1 atom stereocenters. The zero-order valence-corrected chi connectivity index (χ0v) is 15.9. The Kier molecular flexibility index (Phi) is 4.10. The van der Waals surface area contributed by atoms with E-state index >= 15 is 0 Å². The van der Waals surface area contributed by atoms with Gasteiger partial charge in [0, 0.05) is 17.4 Å². The summed E-state index contributed by atoms with van der Waals surface area (Å²) in [6.45, 7) is 6.55. The van der Waals surface area contributed by atoms with Crippen LogP contribution in [0.25, 0.3) is 0 Å². The maximum absolute atomic E-state index is 13.1. The summed E-state index contributed by atoms with van der Waals surface area (Å²) in [5.74, 6) is 0. The molecule has 1 aliphatic rings. The monoisotopic (exact) mass is 408 g/mol. The lowest BCUT2D eigenvalue weighted by Gasteiger charge is -2.40. The smallest absolute Gasteiger partial charge is 0.310 e. The Bertz CT molecular complexity index is 882. The lowest BCUT2D eigenvalue weighted by molar-refractivity contribution is -0.0521. The zero-order chi connectivity index (χ0) is 20.2. The average molecular weight is 408 g/mol. The number of rotatable bonds is 5. The van der Waals surface area contributed by atoms with Crippen LogP contribution in [-0.4, -0.2) is 18.2 Å². The number of benzene rings is 1. The van der Waals surface area contributed by atoms with Crippen LogP contribution in [0.1, 0.15) is 36.8 Å². The van der Waals surface area contributed by atoms with Crippen molar-refractivity contribution in [2.24, 2.45) is 0 Å². The minimum Gasteiger partial charge on any atom is -0.379 e. The number of nitrogens with one attached hydrogen (secondary N) is 1. The fraction of sp³-hybridized carbons (Fsp3) is 0.389. The molecule has 3 nitrogen and oxygen atoms in total. The molecular formula is C18H21F5N2OS. The second-order valence-electron chi connectivity index (χ2n) is 7.34. The Balaban J connectivity index is 1.88. The quantitative estimate of drug-likeness (QED) is 0.573. The van der Waals surface area contributed by atoms with Crippen LogP contribution in [0, 0.1) is 6.92 Å². The third kappa shape index (κ3) is 4.35. The van der Waals surface area contributed by atoms with Crippen molar-refractivity contribution in [1.29, 1.82) is 0 Å². The topological polar surface area (TPSA) is 34.1 Å². The zero-order valence-electron chi connectivity index (χ0n) is 15.1. The lowest BCUT2D eigenvalue weighted by atomic mass is 9.84. The number of hydrogen-bond acceptors (Lipinski definition) is 3. The summed E-state index contributed by atoms with van der Waals surface area (Å²) in [7, 11) is -9.71. The molecule has 0 bridgehead atoms. The van der Waals surface area contributed by atoms with E-state index in [-0.39, 0.29) is 11.0 Å². The number of aromatic nitrogens is 1. The number of ether oxygens (including phenoxy) is 1. The van der Waals surface area contributed by atoms with Crippen molar-refractivity contribution >= 4 is 15.9 Å². The van der Waals surface area contributed by atoms with Gasteiger partial charge in [-0.2, -0.15) is 0 Å². The van der Waals surface area contributed by atoms with Crippen LogP contribution in [-0.2, 0) is 10.2 Å². The van der Waals surface area contributed by atoms with Gasteiger partial charge in [0.2, 0.25) is 0 Å². The lowest BCUT2D eigenvalue weighted by Crippen LogP contribution is -2.44. The van der Waals surface area contributed by atoms with Crippen LogP contribution < -0.4 is 5.32 Å². The predicted molar refractivity (Wildman–Crippen MR) is 97.0 cm³/mol. The molecule has 1 aliphatic heterocycles. The number of hydrogen-bond donors (Lipinski definition) is 1. The normalized spacial score (nSPS) is 20.1. The highest BCUT2D eigenvalue weighted by molar-refractivity contribution is 8.45. The van der Waals surface area contributed by atoms with Crippen molar-refractivity contribution in [2.75, 3.05) is 18.5 Å². The van der Waals surface area contributed by atoms with Crippen LogP contribution in [0.2, 0.25) is 0 Å². The van der Waals surface area contributed by atoms with Gasteiger partial charge in [0.05, 0.1) is 24.3 Å². The molecule has 0 radical (unpaired) electrons. The molecule has 1 aromatic carbocycles. The van der Waals surface area contributed by atoms with Gasteiger partial charge in [-0.1, -0.05) is 31.6 Å². The molecule has 3 rings (SSSR count). The summed E-state index contributed by atoms with van der Waals surface area (Å²) in [6, 6.07) is 6.28. The van der Waals surface area contributed by atoms with E-state index in [0.29, 0.717) is 31.0 Å². The van der Waals surface area contributed by atoms with Crippen molar-refractivity contribution in [3.8, 4) is 0 Å². The van der Waals surface area contributed by atoms with Crippen LogP contribution >= 0.6 is 10.2 Å². The molecule has 0 saturated carbocycles. The third-order valence-electron chi connectivity index (χ3n) is 4.60. The molecule has 0 amide bonds. The van der Waals surface area contributed by atoms with Crippen molar-refractivity contribution in [3.05, 3.63) is 53.3 Å². The Morgan fingerprint density at radius 3 is 2.33 bits per heavy atom. The largest absolute Gasteiger partial charge is 0.379 e. The van der Waals surface area contributed by atoms with E-state index in [2.05, 4.69) is 10.3 Å². The van der Waals surface area contributed by atoms with Gasteiger partial charge in [-0.05, 0) is 50.6 Å². The first-order valence-electron chi connectivity index (χ1n) is 8.34. The molecule has 1 fully saturated rings. The summed E-state index contributed by atoms with van der Waals surface area (Å²) in [5.41, 5.74) is 2.15. The van der Waals surface area contributed by atoms with Crippen molar-refractivity contribution in [1.82, 2.24) is 4.98 Å². The molecule has 2 heterocycles.